The summed E-state index contributed by atoms with van der Waals surface area (Å²) in [6.07, 6.45) is 3.03. The molecule has 0 bridgehead atoms. The molecule has 1 aliphatic heterocycles. The molecule has 1 aliphatic rings. The summed E-state index contributed by atoms with van der Waals surface area (Å²) in [5.41, 5.74) is 1.31. The fourth-order valence-corrected chi connectivity index (χ4v) is 2.89. The summed E-state index contributed by atoms with van der Waals surface area (Å²) in [4.78, 5) is 6.75. The van der Waals surface area contributed by atoms with Gasteiger partial charge in [0.15, 0.2) is 0 Å². The largest absolute Gasteiger partial charge is 0.355 e. The smallest absolute Gasteiger partial charge is 0.147 e. The number of aromatic nitrogens is 1. The minimum atomic E-state index is 0.345. The van der Waals surface area contributed by atoms with Gasteiger partial charge in [-0.2, -0.15) is 0 Å². The lowest BCUT2D eigenvalue weighted by atomic mass is 9.80. The number of hydrogen-bond donors (Lipinski definition) is 0. The van der Waals surface area contributed by atoms with Crippen LogP contribution in [0.25, 0.3) is 0 Å². The zero-order chi connectivity index (χ0) is 13.3. The van der Waals surface area contributed by atoms with Gasteiger partial charge in [0.25, 0.3) is 0 Å². The summed E-state index contributed by atoms with van der Waals surface area (Å²) in [7, 11) is 0. The van der Waals surface area contributed by atoms with E-state index in [1.54, 1.807) is 0 Å². The molecule has 2 nitrogen and oxygen atoms in total. The van der Waals surface area contributed by atoms with Crippen molar-refractivity contribution in [1.29, 1.82) is 0 Å². The van der Waals surface area contributed by atoms with Crippen molar-refractivity contribution in [1.82, 2.24) is 4.98 Å². The van der Waals surface area contributed by atoms with Crippen LogP contribution < -0.4 is 4.90 Å². The molecule has 0 aromatic carbocycles. The molecule has 1 saturated heterocycles. The van der Waals surface area contributed by atoms with E-state index in [-0.39, 0.29) is 0 Å². The first-order valence-electron chi connectivity index (χ1n) is 6.37. The zero-order valence-electron chi connectivity index (χ0n) is 11.2. The molecular formula is C14H20Cl2N2. The molecule has 18 heavy (non-hydrogen) atoms. The summed E-state index contributed by atoms with van der Waals surface area (Å²) in [6.45, 7) is 8.97. The third kappa shape index (κ3) is 2.92. The second-order valence-electron chi connectivity index (χ2n) is 6.08. The first kappa shape index (κ1) is 14.0. The van der Waals surface area contributed by atoms with Gasteiger partial charge in [-0.25, -0.2) is 4.98 Å². The fourth-order valence-electron chi connectivity index (χ4n) is 2.44. The maximum absolute atomic E-state index is 6.29. The van der Waals surface area contributed by atoms with E-state index in [4.69, 9.17) is 23.2 Å². The van der Waals surface area contributed by atoms with Gasteiger partial charge in [-0.1, -0.05) is 32.4 Å². The quantitative estimate of drug-likeness (QED) is 0.752. The molecule has 0 amide bonds. The van der Waals surface area contributed by atoms with Crippen LogP contribution in [0.2, 0.25) is 5.02 Å². The monoisotopic (exact) mass is 286 g/mol. The second kappa shape index (κ2) is 5.26. The molecule has 1 aromatic rings. The van der Waals surface area contributed by atoms with Gasteiger partial charge in [0.2, 0.25) is 0 Å². The number of hydrogen-bond acceptors (Lipinski definition) is 2. The third-order valence-electron chi connectivity index (χ3n) is 3.75. The standard InChI is InChI=1S/C14H20Cl2N2/c1-14(2,3)11-4-5-18(9-11)13-12(16)6-10(7-15)8-17-13/h6,8,11H,4-5,7,9H2,1-3H3. The van der Waals surface area contributed by atoms with Crippen molar-refractivity contribution in [3.63, 3.8) is 0 Å². The van der Waals surface area contributed by atoms with E-state index in [0.717, 1.165) is 24.5 Å². The van der Waals surface area contributed by atoms with Gasteiger partial charge in [-0.3, -0.25) is 0 Å². The Hall–Kier alpha value is -0.470. The minimum absolute atomic E-state index is 0.345. The highest BCUT2D eigenvalue weighted by Crippen LogP contribution is 2.37. The Bertz CT molecular complexity index is 426. The Kier molecular flexibility index (Phi) is 4.08. The average molecular weight is 287 g/mol. The Morgan fingerprint density at radius 1 is 1.44 bits per heavy atom. The lowest BCUT2D eigenvalue weighted by molar-refractivity contribution is 0.263. The molecular weight excluding hydrogens is 267 g/mol. The van der Waals surface area contributed by atoms with E-state index in [1.807, 2.05) is 12.3 Å². The van der Waals surface area contributed by atoms with Gasteiger partial charge in [0.1, 0.15) is 5.82 Å². The lowest BCUT2D eigenvalue weighted by Gasteiger charge is -2.27. The summed E-state index contributed by atoms with van der Waals surface area (Å²) in [5.74, 6) is 2.05. The molecule has 0 radical (unpaired) electrons. The number of nitrogens with zero attached hydrogens (tertiary/aromatic N) is 2. The van der Waals surface area contributed by atoms with Gasteiger partial charge in [-0.05, 0) is 29.4 Å². The van der Waals surface area contributed by atoms with Crippen LogP contribution in [0.5, 0.6) is 0 Å². The molecule has 2 heterocycles. The highest BCUT2D eigenvalue weighted by Gasteiger charge is 2.32. The number of anilines is 1. The Labute approximate surface area is 119 Å². The molecule has 0 spiro atoms. The molecule has 1 atom stereocenters. The predicted molar refractivity (Wildman–Crippen MR) is 78.6 cm³/mol. The van der Waals surface area contributed by atoms with Crippen molar-refractivity contribution in [3.8, 4) is 0 Å². The van der Waals surface area contributed by atoms with Crippen molar-refractivity contribution < 1.29 is 0 Å². The normalized spacial score (nSPS) is 20.5. The van der Waals surface area contributed by atoms with Crippen molar-refractivity contribution in [2.75, 3.05) is 18.0 Å². The molecule has 4 heteroatoms. The molecule has 100 valence electrons. The number of alkyl halides is 1. The summed E-state index contributed by atoms with van der Waals surface area (Å²) in [6, 6.07) is 1.92. The van der Waals surface area contributed by atoms with E-state index in [9.17, 15) is 0 Å². The first-order chi connectivity index (χ1) is 8.41. The molecule has 1 aromatic heterocycles. The van der Waals surface area contributed by atoms with Crippen LogP contribution in [0.4, 0.5) is 5.82 Å². The van der Waals surface area contributed by atoms with Gasteiger partial charge in [-0.15, -0.1) is 11.6 Å². The van der Waals surface area contributed by atoms with Crippen LogP contribution in [0.1, 0.15) is 32.8 Å². The van der Waals surface area contributed by atoms with Crippen LogP contribution in [0.3, 0.4) is 0 Å². The molecule has 1 unspecified atom stereocenters. The van der Waals surface area contributed by atoms with Crippen LogP contribution in [-0.4, -0.2) is 18.1 Å². The fraction of sp³-hybridized carbons (Fsp3) is 0.643. The Balaban J connectivity index is 2.14. The summed E-state index contributed by atoms with van der Waals surface area (Å²) >= 11 is 12.1. The lowest BCUT2D eigenvalue weighted by Crippen LogP contribution is -2.26. The second-order valence-corrected chi connectivity index (χ2v) is 6.75. The van der Waals surface area contributed by atoms with Crippen molar-refractivity contribution in [2.24, 2.45) is 11.3 Å². The highest BCUT2D eigenvalue weighted by molar-refractivity contribution is 6.33. The first-order valence-corrected chi connectivity index (χ1v) is 7.28. The zero-order valence-corrected chi connectivity index (χ0v) is 12.7. The van der Waals surface area contributed by atoms with Gasteiger partial charge in [0, 0.05) is 25.2 Å². The maximum atomic E-state index is 6.29. The van der Waals surface area contributed by atoms with E-state index in [0.29, 0.717) is 22.2 Å². The maximum Gasteiger partial charge on any atom is 0.147 e. The topological polar surface area (TPSA) is 16.1 Å². The van der Waals surface area contributed by atoms with Crippen LogP contribution in [-0.2, 0) is 5.88 Å². The molecule has 0 aliphatic carbocycles. The number of halogens is 2. The van der Waals surface area contributed by atoms with E-state index < -0.39 is 0 Å². The Morgan fingerprint density at radius 3 is 2.67 bits per heavy atom. The number of pyridine rings is 1. The van der Waals surface area contributed by atoms with Gasteiger partial charge < -0.3 is 4.90 Å². The highest BCUT2D eigenvalue weighted by atomic mass is 35.5. The number of rotatable bonds is 2. The van der Waals surface area contributed by atoms with Crippen LogP contribution >= 0.6 is 23.2 Å². The molecule has 1 fully saturated rings. The molecule has 0 N–H and O–H groups in total. The van der Waals surface area contributed by atoms with Crippen molar-refractivity contribution in [3.05, 3.63) is 22.8 Å². The predicted octanol–water partition coefficient (Wildman–Crippen LogP) is 4.35. The SMILES string of the molecule is CC(C)(C)C1CCN(c2ncc(CCl)cc2Cl)C1. The summed E-state index contributed by atoms with van der Waals surface area (Å²) in [5, 5.41) is 0.711. The van der Waals surface area contributed by atoms with Crippen LogP contribution in [0.15, 0.2) is 12.3 Å². The Morgan fingerprint density at radius 2 is 2.17 bits per heavy atom. The van der Waals surface area contributed by atoms with Crippen LogP contribution in [0, 0.1) is 11.3 Å². The van der Waals surface area contributed by atoms with Crippen molar-refractivity contribution >= 4 is 29.0 Å². The van der Waals surface area contributed by atoms with Gasteiger partial charge in [0.05, 0.1) is 5.02 Å². The van der Waals surface area contributed by atoms with Crippen molar-refractivity contribution in [2.45, 2.75) is 33.1 Å². The molecule has 2 rings (SSSR count). The third-order valence-corrected chi connectivity index (χ3v) is 4.33. The van der Waals surface area contributed by atoms with E-state index in [2.05, 4.69) is 30.7 Å². The summed E-state index contributed by atoms with van der Waals surface area (Å²) < 4.78 is 0. The van der Waals surface area contributed by atoms with E-state index in [1.165, 1.54) is 6.42 Å². The molecule has 0 saturated carbocycles. The van der Waals surface area contributed by atoms with E-state index >= 15 is 0 Å². The van der Waals surface area contributed by atoms with Gasteiger partial charge >= 0.3 is 0 Å². The minimum Gasteiger partial charge on any atom is -0.355 e. The average Bonchev–Trinajstić information content (AvgIpc) is 2.77.